The molecule has 0 atom stereocenters. The van der Waals surface area contributed by atoms with E-state index in [0.717, 1.165) is 11.0 Å². The first-order chi connectivity index (χ1) is 10.0. The summed E-state index contributed by atoms with van der Waals surface area (Å²) in [5.74, 6) is 0.913. The van der Waals surface area contributed by atoms with Gasteiger partial charge >= 0.3 is 0 Å². The summed E-state index contributed by atoms with van der Waals surface area (Å²) in [5.41, 5.74) is 1.00. The van der Waals surface area contributed by atoms with Crippen LogP contribution in [0.5, 0.6) is 0 Å². The van der Waals surface area contributed by atoms with E-state index in [1.165, 1.54) is 0 Å². The fraction of sp³-hybridized carbons (Fsp3) is 0.267. The number of carbonyl (C=O) groups excluding carboxylic acids is 1. The molecule has 0 radical (unpaired) electrons. The van der Waals surface area contributed by atoms with Crippen molar-refractivity contribution in [2.45, 2.75) is 13.8 Å². The minimum Gasteiger partial charge on any atom is -0.368 e. The third kappa shape index (κ3) is 4.82. The highest BCUT2D eigenvalue weighted by molar-refractivity contribution is 9.10. The van der Waals surface area contributed by atoms with Crippen LogP contribution in [0.3, 0.4) is 0 Å². The molecular formula is C15H17BrN4O. The fourth-order valence-corrected chi connectivity index (χ4v) is 1.85. The lowest BCUT2D eigenvalue weighted by molar-refractivity contribution is 0.102. The molecule has 0 aliphatic rings. The van der Waals surface area contributed by atoms with E-state index in [4.69, 9.17) is 0 Å². The van der Waals surface area contributed by atoms with E-state index in [0.29, 0.717) is 17.4 Å². The molecule has 0 aliphatic carbocycles. The van der Waals surface area contributed by atoms with Crippen LogP contribution < -0.4 is 10.6 Å². The molecule has 2 N–H and O–H groups in total. The number of hydrogen-bond acceptors (Lipinski definition) is 4. The van der Waals surface area contributed by atoms with Crippen molar-refractivity contribution in [3.63, 3.8) is 0 Å². The van der Waals surface area contributed by atoms with Crippen molar-refractivity contribution in [2.24, 2.45) is 5.92 Å². The van der Waals surface area contributed by atoms with Crippen LogP contribution in [0, 0.1) is 5.92 Å². The first-order valence-electron chi connectivity index (χ1n) is 6.69. The topological polar surface area (TPSA) is 66.9 Å². The highest BCUT2D eigenvalue weighted by atomic mass is 79.9. The molecule has 0 bridgehead atoms. The zero-order valence-corrected chi connectivity index (χ0v) is 13.5. The van der Waals surface area contributed by atoms with E-state index in [2.05, 4.69) is 50.6 Å². The Morgan fingerprint density at radius 1 is 1.14 bits per heavy atom. The van der Waals surface area contributed by atoms with Crippen molar-refractivity contribution in [1.29, 1.82) is 0 Å². The molecule has 5 nitrogen and oxygen atoms in total. The van der Waals surface area contributed by atoms with Gasteiger partial charge in [-0.05, 0) is 42.3 Å². The molecule has 0 fully saturated rings. The van der Waals surface area contributed by atoms with Crippen LogP contribution in [0.2, 0.25) is 0 Å². The van der Waals surface area contributed by atoms with Gasteiger partial charge in [0, 0.05) is 16.7 Å². The van der Waals surface area contributed by atoms with E-state index in [1.807, 2.05) is 24.3 Å². The van der Waals surface area contributed by atoms with Gasteiger partial charge in [-0.15, -0.1) is 10.2 Å². The minimum absolute atomic E-state index is 0.278. The SMILES string of the molecule is CC(C)CNc1ccc(C(=O)Nc2ccc(Br)cc2)nn1. The van der Waals surface area contributed by atoms with Crippen LogP contribution in [0.4, 0.5) is 11.5 Å². The predicted octanol–water partition coefficient (Wildman–Crippen LogP) is 3.56. The Hall–Kier alpha value is -1.95. The van der Waals surface area contributed by atoms with Gasteiger partial charge < -0.3 is 10.6 Å². The summed E-state index contributed by atoms with van der Waals surface area (Å²) in [5, 5.41) is 13.9. The van der Waals surface area contributed by atoms with Crippen LogP contribution in [0.25, 0.3) is 0 Å². The number of aromatic nitrogens is 2. The van der Waals surface area contributed by atoms with E-state index in [9.17, 15) is 4.79 Å². The molecule has 110 valence electrons. The summed E-state index contributed by atoms with van der Waals surface area (Å²) >= 11 is 3.35. The monoisotopic (exact) mass is 348 g/mol. The lowest BCUT2D eigenvalue weighted by Crippen LogP contribution is -2.15. The Kier molecular flexibility index (Phi) is 5.27. The van der Waals surface area contributed by atoms with Crippen molar-refractivity contribution >= 4 is 33.3 Å². The second-order valence-corrected chi connectivity index (χ2v) is 5.96. The molecule has 21 heavy (non-hydrogen) atoms. The number of benzene rings is 1. The highest BCUT2D eigenvalue weighted by Gasteiger charge is 2.08. The Bertz CT molecular complexity index is 596. The maximum absolute atomic E-state index is 12.0. The number of nitrogens with one attached hydrogen (secondary N) is 2. The Labute approximate surface area is 132 Å². The van der Waals surface area contributed by atoms with Crippen molar-refractivity contribution < 1.29 is 4.79 Å². The number of nitrogens with zero attached hydrogens (tertiary/aromatic N) is 2. The smallest absolute Gasteiger partial charge is 0.276 e. The molecule has 2 rings (SSSR count). The van der Waals surface area contributed by atoms with Crippen molar-refractivity contribution in [1.82, 2.24) is 10.2 Å². The van der Waals surface area contributed by atoms with Crippen LogP contribution >= 0.6 is 15.9 Å². The summed E-state index contributed by atoms with van der Waals surface area (Å²) in [6.07, 6.45) is 0. The third-order valence-corrected chi connectivity index (χ3v) is 3.22. The van der Waals surface area contributed by atoms with Gasteiger partial charge in [0.2, 0.25) is 0 Å². The molecule has 1 amide bonds. The highest BCUT2D eigenvalue weighted by Crippen LogP contribution is 2.14. The van der Waals surface area contributed by atoms with Crippen LogP contribution in [-0.2, 0) is 0 Å². The number of carbonyl (C=O) groups is 1. The molecule has 2 aromatic rings. The minimum atomic E-state index is -0.278. The van der Waals surface area contributed by atoms with Gasteiger partial charge in [-0.25, -0.2) is 0 Å². The Balaban J connectivity index is 1.97. The van der Waals surface area contributed by atoms with Crippen LogP contribution in [0.15, 0.2) is 40.9 Å². The first kappa shape index (κ1) is 15.4. The third-order valence-electron chi connectivity index (χ3n) is 2.69. The molecule has 1 aromatic carbocycles. The van der Waals surface area contributed by atoms with Crippen molar-refractivity contribution in [3.05, 3.63) is 46.6 Å². The normalized spacial score (nSPS) is 10.5. The van der Waals surface area contributed by atoms with Gasteiger partial charge in [0.05, 0.1) is 0 Å². The Morgan fingerprint density at radius 3 is 2.43 bits per heavy atom. The fourth-order valence-electron chi connectivity index (χ4n) is 1.58. The molecule has 0 aliphatic heterocycles. The largest absolute Gasteiger partial charge is 0.368 e. The lowest BCUT2D eigenvalue weighted by atomic mass is 10.2. The van der Waals surface area contributed by atoms with Gasteiger partial charge in [-0.1, -0.05) is 29.8 Å². The quantitative estimate of drug-likeness (QED) is 0.866. The van der Waals surface area contributed by atoms with Crippen molar-refractivity contribution in [2.75, 3.05) is 17.2 Å². The second-order valence-electron chi connectivity index (χ2n) is 5.04. The van der Waals surface area contributed by atoms with E-state index in [-0.39, 0.29) is 11.6 Å². The van der Waals surface area contributed by atoms with Gasteiger partial charge in [-0.3, -0.25) is 4.79 Å². The van der Waals surface area contributed by atoms with Crippen LogP contribution in [-0.4, -0.2) is 22.6 Å². The Morgan fingerprint density at radius 2 is 1.86 bits per heavy atom. The first-order valence-corrected chi connectivity index (χ1v) is 7.48. The molecule has 1 aromatic heterocycles. The van der Waals surface area contributed by atoms with Gasteiger partial charge in [-0.2, -0.15) is 0 Å². The summed E-state index contributed by atoms with van der Waals surface area (Å²) in [7, 11) is 0. The molecule has 0 spiro atoms. The average Bonchev–Trinajstić information content (AvgIpc) is 2.48. The zero-order valence-electron chi connectivity index (χ0n) is 11.9. The van der Waals surface area contributed by atoms with Crippen molar-refractivity contribution in [3.8, 4) is 0 Å². The summed E-state index contributed by atoms with van der Waals surface area (Å²) in [6, 6.07) is 10.8. The lowest BCUT2D eigenvalue weighted by Gasteiger charge is -2.08. The summed E-state index contributed by atoms with van der Waals surface area (Å²) in [6.45, 7) is 5.04. The summed E-state index contributed by atoms with van der Waals surface area (Å²) < 4.78 is 0.959. The number of rotatable bonds is 5. The summed E-state index contributed by atoms with van der Waals surface area (Å²) in [4.78, 5) is 12.0. The average molecular weight is 349 g/mol. The molecular weight excluding hydrogens is 332 g/mol. The number of hydrogen-bond donors (Lipinski definition) is 2. The maximum Gasteiger partial charge on any atom is 0.276 e. The number of amides is 1. The van der Waals surface area contributed by atoms with Crippen LogP contribution in [0.1, 0.15) is 24.3 Å². The molecule has 0 unspecified atom stereocenters. The van der Waals surface area contributed by atoms with Gasteiger partial charge in [0.1, 0.15) is 5.82 Å². The van der Waals surface area contributed by atoms with E-state index < -0.39 is 0 Å². The molecule has 6 heteroatoms. The second kappa shape index (κ2) is 7.17. The maximum atomic E-state index is 12.0. The molecule has 1 heterocycles. The van der Waals surface area contributed by atoms with Gasteiger partial charge in [0.15, 0.2) is 5.69 Å². The standard InChI is InChI=1S/C15H17BrN4O/c1-10(2)9-17-14-8-7-13(19-20-14)15(21)18-12-5-3-11(16)4-6-12/h3-8,10H,9H2,1-2H3,(H,17,20)(H,18,21). The van der Waals surface area contributed by atoms with E-state index >= 15 is 0 Å². The van der Waals surface area contributed by atoms with E-state index in [1.54, 1.807) is 12.1 Å². The molecule has 0 saturated heterocycles. The van der Waals surface area contributed by atoms with Gasteiger partial charge in [0.25, 0.3) is 5.91 Å². The number of anilines is 2. The predicted molar refractivity (Wildman–Crippen MR) is 87.5 cm³/mol. The molecule has 0 saturated carbocycles. The number of halogens is 1. The zero-order chi connectivity index (χ0) is 15.2.